The van der Waals surface area contributed by atoms with Crippen molar-refractivity contribution in [3.63, 3.8) is 0 Å². The second-order valence-electron chi connectivity index (χ2n) is 8.60. The van der Waals surface area contributed by atoms with E-state index in [9.17, 15) is 0 Å². The second kappa shape index (κ2) is 6.91. The first-order chi connectivity index (χ1) is 13.6. The first-order valence-electron chi connectivity index (χ1n) is 10.1. The first kappa shape index (κ1) is 17.7. The fourth-order valence-electron chi connectivity index (χ4n) is 3.95. The van der Waals surface area contributed by atoms with Gasteiger partial charge in [-0.2, -0.15) is 0 Å². The molecule has 28 heavy (non-hydrogen) atoms. The molecule has 3 aromatic rings. The fourth-order valence-corrected chi connectivity index (χ4v) is 3.95. The van der Waals surface area contributed by atoms with Crippen molar-refractivity contribution in [2.75, 3.05) is 6.61 Å². The lowest BCUT2D eigenvalue weighted by Gasteiger charge is -2.20. The van der Waals surface area contributed by atoms with Crippen LogP contribution in [0.2, 0.25) is 5.82 Å². The molecular formula is C23H25BN2O2. The van der Waals surface area contributed by atoms with E-state index in [0.717, 1.165) is 22.2 Å². The summed E-state index contributed by atoms with van der Waals surface area (Å²) in [4.78, 5) is 4.55. The van der Waals surface area contributed by atoms with Crippen molar-refractivity contribution in [3.8, 4) is 5.75 Å². The molecule has 1 atom stereocenters. The van der Waals surface area contributed by atoms with Gasteiger partial charge in [0.1, 0.15) is 17.5 Å². The van der Waals surface area contributed by atoms with Crippen molar-refractivity contribution in [2.45, 2.75) is 44.3 Å². The number of ether oxygens (including phenoxy) is 1. The maximum absolute atomic E-state index is 6.57. The van der Waals surface area contributed by atoms with Crippen LogP contribution in [0.25, 0.3) is 10.9 Å². The van der Waals surface area contributed by atoms with Crippen LogP contribution in [0.5, 0.6) is 5.75 Å². The van der Waals surface area contributed by atoms with E-state index in [1.807, 2.05) is 24.4 Å². The van der Waals surface area contributed by atoms with E-state index in [4.69, 9.17) is 9.39 Å². The molecule has 1 aromatic heterocycles. The minimum Gasteiger partial charge on any atom is -0.554 e. The van der Waals surface area contributed by atoms with Gasteiger partial charge in [0.25, 0.3) is 0 Å². The van der Waals surface area contributed by atoms with Crippen molar-refractivity contribution in [3.05, 3.63) is 66.4 Å². The van der Waals surface area contributed by atoms with Gasteiger partial charge in [0.05, 0.1) is 6.61 Å². The number of nitrogens with zero attached hydrogens (tertiary/aromatic N) is 1. The highest BCUT2D eigenvalue weighted by Gasteiger charge is 2.40. The highest BCUT2D eigenvalue weighted by Crippen LogP contribution is 2.40. The number of fused-ring (bicyclic) bond motifs is 1. The van der Waals surface area contributed by atoms with Gasteiger partial charge in [-0.3, -0.25) is 10.3 Å². The number of aromatic nitrogens is 1. The Hall–Kier alpha value is -2.37. The Morgan fingerprint density at radius 1 is 1.11 bits per heavy atom. The van der Waals surface area contributed by atoms with Crippen LogP contribution in [0, 0.1) is 0 Å². The molecule has 142 valence electrons. The normalized spacial score (nSPS) is 21.0. The SMILES string of the molecule is CC1(C)COC(c2cccc(B(Oc3cccc4cccnc34)C3CC3)c2)N1. The molecule has 0 bridgehead atoms. The zero-order chi connectivity index (χ0) is 19.1. The number of pyridine rings is 1. The summed E-state index contributed by atoms with van der Waals surface area (Å²) >= 11 is 0. The van der Waals surface area contributed by atoms with Crippen molar-refractivity contribution in [2.24, 2.45) is 0 Å². The molecule has 5 rings (SSSR count). The van der Waals surface area contributed by atoms with E-state index in [1.54, 1.807) is 0 Å². The molecule has 1 N–H and O–H groups in total. The van der Waals surface area contributed by atoms with Crippen LogP contribution in [0.4, 0.5) is 0 Å². The van der Waals surface area contributed by atoms with Crippen LogP contribution in [-0.2, 0) is 4.74 Å². The fraction of sp³-hybridized carbons (Fsp3) is 0.348. The third kappa shape index (κ3) is 3.52. The van der Waals surface area contributed by atoms with Crippen LogP contribution >= 0.6 is 0 Å². The monoisotopic (exact) mass is 372 g/mol. The highest BCUT2D eigenvalue weighted by molar-refractivity contribution is 6.70. The van der Waals surface area contributed by atoms with Gasteiger partial charge in [0, 0.05) is 17.1 Å². The number of para-hydroxylation sites is 1. The molecule has 0 spiro atoms. The predicted octanol–water partition coefficient (Wildman–Crippen LogP) is 4.07. The molecule has 0 amide bonds. The number of nitrogens with one attached hydrogen (secondary N) is 1. The van der Waals surface area contributed by atoms with Crippen molar-refractivity contribution >= 4 is 23.3 Å². The molecule has 2 aliphatic rings. The van der Waals surface area contributed by atoms with Gasteiger partial charge in [-0.15, -0.1) is 0 Å². The summed E-state index contributed by atoms with van der Waals surface area (Å²) in [6.45, 7) is 5.09. The zero-order valence-corrected chi connectivity index (χ0v) is 16.4. The summed E-state index contributed by atoms with van der Waals surface area (Å²) in [5.41, 5.74) is 3.30. The van der Waals surface area contributed by atoms with Gasteiger partial charge in [0.2, 0.25) is 0 Å². The van der Waals surface area contributed by atoms with Gasteiger partial charge in [-0.1, -0.05) is 55.3 Å². The topological polar surface area (TPSA) is 43.4 Å². The van der Waals surface area contributed by atoms with E-state index in [1.165, 1.54) is 18.3 Å². The van der Waals surface area contributed by atoms with Gasteiger partial charge >= 0.3 is 6.92 Å². The maximum Gasteiger partial charge on any atom is 0.394 e. The third-order valence-electron chi connectivity index (χ3n) is 5.57. The Labute approximate surface area is 166 Å². The summed E-state index contributed by atoms with van der Waals surface area (Å²) in [7, 11) is 0. The summed E-state index contributed by atoms with van der Waals surface area (Å²) in [5, 5.41) is 4.66. The van der Waals surface area contributed by atoms with E-state index in [2.05, 4.69) is 60.5 Å². The molecule has 1 saturated carbocycles. The standard InChI is InChI=1S/C23H25BN2O2/c1-23(2)15-27-22(26-23)17-7-3-9-19(14-17)24(18-11-12-18)28-20-10-4-6-16-8-5-13-25-21(16)20/h3-10,13-14,18,22,26H,11-12,15H2,1-2H3. The molecule has 1 aliphatic carbocycles. The highest BCUT2D eigenvalue weighted by atomic mass is 16.5. The molecule has 2 heterocycles. The Balaban J connectivity index is 1.45. The van der Waals surface area contributed by atoms with Crippen LogP contribution in [0.15, 0.2) is 60.8 Å². The van der Waals surface area contributed by atoms with Gasteiger partial charge in [0.15, 0.2) is 0 Å². The van der Waals surface area contributed by atoms with Crippen molar-refractivity contribution in [1.82, 2.24) is 10.3 Å². The Morgan fingerprint density at radius 3 is 2.71 bits per heavy atom. The molecule has 4 nitrogen and oxygen atoms in total. The summed E-state index contributed by atoms with van der Waals surface area (Å²) in [6.07, 6.45) is 4.18. The van der Waals surface area contributed by atoms with E-state index in [0.29, 0.717) is 12.4 Å². The molecular weight excluding hydrogens is 347 g/mol. The second-order valence-corrected chi connectivity index (χ2v) is 8.60. The number of benzene rings is 2. The van der Waals surface area contributed by atoms with Gasteiger partial charge in [-0.25, -0.2) is 0 Å². The largest absolute Gasteiger partial charge is 0.554 e. The Morgan fingerprint density at radius 2 is 1.93 bits per heavy atom. The molecule has 2 fully saturated rings. The quantitative estimate of drug-likeness (QED) is 0.686. The van der Waals surface area contributed by atoms with E-state index < -0.39 is 0 Å². The molecule has 1 aliphatic heterocycles. The van der Waals surface area contributed by atoms with Crippen LogP contribution in [0.1, 0.15) is 38.5 Å². The Bertz CT molecular complexity index is 997. The molecule has 1 unspecified atom stereocenters. The summed E-state index contributed by atoms with van der Waals surface area (Å²) in [5.74, 6) is 1.42. The summed E-state index contributed by atoms with van der Waals surface area (Å²) < 4.78 is 12.6. The average molecular weight is 372 g/mol. The maximum atomic E-state index is 6.57. The van der Waals surface area contributed by atoms with Crippen LogP contribution < -0.4 is 15.4 Å². The molecule has 5 heteroatoms. The number of rotatable bonds is 5. The van der Waals surface area contributed by atoms with Crippen LogP contribution in [0.3, 0.4) is 0 Å². The minimum absolute atomic E-state index is 0.00168. The van der Waals surface area contributed by atoms with Crippen molar-refractivity contribution in [1.29, 1.82) is 0 Å². The average Bonchev–Trinajstić information content (AvgIpc) is 3.48. The summed E-state index contributed by atoms with van der Waals surface area (Å²) in [6, 6.07) is 18.8. The lowest BCUT2D eigenvalue weighted by atomic mass is 9.56. The Kier molecular flexibility index (Phi) is 4.37. The molecule has 1 saturated heterocycles. The minimum atomic E-state index is -0.0611. The third-order valence-corrected chi connectivity index (χ3v) is 5.57. The first-order valence-corrected chi connectivity index (χ1v) is 10.1. The number of hydrogen-bond acceptors (Lipinski definition) is 4. The van der Waals surface area contributed by atoms with Crippen LogP contribution in [-0.4, -0.2) is 24.0 Å². The molecule has 2 aromatic carbocycles. The van der Waals surface area contributed by atoms with Crippen molar-refractivity contribution < 1.29 is 9.39 Å². The number of hydrogen-bond donors (Lipinski definition) is 1. The van der Waals surface area contributed by atoms with E-state index >= 15 is 0 Å². The van der Waals surface area contributed by atoms with Gasteiger partial charge in [-0.05, 0) is 42.8 Å². The lowest BCUT2D eigenvalue weighted by Crippen LogP contribution is -2.38. The lowest BCUT2D eigenvalue weighted by molar-refractivity contribution is 0.0990. The van der Waals surface area contributed by atoms with Gasteiger partial charge < -0.3 is 9.39 Å². The molecule has 0 radical (unpaired) electrons. The van der Waals surface area contributed by atoms with E-state index in [-0.39, 0.29) is 18.7 Å². The zero-order valence-electron chi connectivity index (χ0n) is 16.4. The smallest absolute Gasteiger partial charge is 0.394 e. The predicted molar refractivity (Wildman–Crippen MR) is 113 cm³/mol.